The predicted molar refractivity (Wildman–Crippen MR) is 130 cm³/mol. The number of pyridine rings is 1. The minimum Gasteiger partial charge on any atom is -0.352 e. The van der Waals surface area contributed by atoms with Crippen molar-refractivity contribution in [2.75, 3.05) is 0 Å². The van der Waals surface area contributed by atoms with Crippen LogP contribution in [0.1, 0.15) is 60.4 Å². The van der Waals surface area contributed by atoms with Crippen LogP contribution >= 0.6 is 23.8 Å². The van der Waals surface area contributed by atoms with Crippen molar-refractivity contribution in [2.24, 2.45) is 0 Å². The summed E-state index contributed by atoms with van der Waals surface area (Å²) < 4.78 is 2.30. The summed E-state index contributed by atoms with van der Waals surface area (Å²) in [6.07, 6.45) is 6.80. The van der Waals surface area contributed by atoms with Crippen LogP contribution in [0.15, 0.2) is 54.7 Å². The molecule has 1 aliphatic heterocycles. The lowest BCUT2D eigenvalue weighted by Gasteiger charge is -2.33. The summed E-state index contributed by atoms with van der Waals surface area (Å²) in [4.78, 5) is 7.15. The van der Waals surface area contributed by atoms with Crippen molar-refractivity contribution in [2.45, 2.75) is 57.7 Å². The standard InChI is InChI=1S/C25H27ClN4S/c1-16-14-21(17(2)29(16)20-11-7-8-18(26)15-20)24-23(22-12-5-6-13-27-22)28-25(31)30(24)19-9-3-4-10-19/h5-8,11-15,19,23-24H,3-4,9-10H2,1-2H3,(H,28,31)/t23-,24+/m1/s1. The minimum atomic E-state index is 0.0302. The van der Waals surface area contributed by atoms with E-state index in [1.807, 2.05) is 30.5 Å². The summed E-state index contributed by atoms with van der Waals surface area (Å²) in [6, 6.07) is 17.1. The number of benzene rings is 1. The second-order valence-electron chi connectivity index (χ2n) is 8.61. The Morgan fingerprint density at radius 1 is 1.06 bits per heavy atom. The normalized spacial score (nSPS) is 21.6. The zero-order chi connectivity index (χ0) is 21.5. The first kappa shape index (κ1) is 20.5. The van der Waals surface area contributed by atoms with Crippen molar-refractivity contribution in [1.82, 2.24) is 19.8 Å². The van der Waals surface area contributed by atoms with Crippen molar-refractivity contribution in [3.8, 4) is 5.69 Å². The fourth-order valence-corrected chi connectivity index (χ4v) is 5.95. The second kappa shape index (κ2) is 8.29. The van der Waals surface area contributed by atoms with Crippen LogP contribution in [0, 0.1) is 13.8 Å². The van der Waals surface area contributed by atoms with Crippen molar-refractivity contribution < 1.29 is 0 Å². The zero-order valence-corrected chi connectivity index (χ0v) is 19.5. The average molecular weight is 451 g/mol. The Morgan fingerprint density at radius 2 is 1.87 bits per heavy atom. The second-order valence-corrected chi connectivity index (χ2v) is 9.44. The molecule has 0 unspecified atom stereocenters. The topological polar surface area (TPSA) is 33.1 Å². The van der Waals surface area contributed by atoms with E-state index in [9.17, 15) is 0 Å². The van der Waals surface area contributed by atoms with Crippen LogP contribution in [0.3, 0.4) is 0 Å². The lowest BCUT2D eigenvalue weighted by Crippen LogP contribution is -2.37. The minimum absolute atomic E-state index is 0.0302. The van der Waals surface area contributed by atoms with Gasteiger partial charge < -0.3 is 14.8 Å². The van der Waals surface area contributed by atoms with Gasteiger partial charge in [-0.1, -0.05) is 36.6 Å². The van der Waals surface area contributed by atoms with E-state index >= 15 is 0 Å². The summed E-state index contributed by atoms with van der Waals surface area (Å²) in [5, 5.41) is 5.21. The summed E-state index contributed by atoms with van der Waals surface area (Å²) in [5.74, 6) is 0. The summed E-state index contributed by atoms with van der Waals surface area (Å²) >= 11 is 12.2. The van der Waals surface area contributed by atoms with Gasteiger partial charge in [0.2, 0.25) is 0 Å². The molecule has 1 saturated carbocycles. The van der Waals surface area contributed by atoms with Crippen LogP contribution in [0.5, 0.6) is 0 Å². The van der Waals surface area contributed by atoms with Crippen LogP contribution in [0.25, 0.3) is 5.69 Å². The molecule has 3 heterocycles. The highest BCUT2D eigenvalue weighted by atomic mass is 35.5. The number of rotatable bonds is 4. The molecule has 4 nitrogen and oxygen atoms in total. The van der Waals surface area contributed by atoms with Crippen molar-refractivity contribution in [3.05, 3.63) is 82.4 Å². The van der Waals surface area contributed by atoms with E-state index in [1.54, 1.807) is 0 Å². The summed E-state index contributed by atoms with van der Waals surface area (Å²) in [7, 11) is 0. The average Bonchev–Trinajstić information content (AvgIpc) is 3.46. The Balaban J connectivity index is 1.64. The Bertz CT molecular complexity index is 1100. The smallest absolute Gasteiger partial charge is 0.170 e. The molecular weight excluding hydrogens is 424 g/mol. The zero-order valence-electron chi connectivity index (χ0n) is 17.9. The van der Waals surface area contributed by atoms with E-state index in [0.717, 1.165) is 21.5 Å². The number of hydrogen-bond acceptors (Lipinski definition) is 2. The van der Waals surface area contributed by atoms with Crippen LogP contribution in [-0.4, -0.2) is 25.6 Å². The van der Waals surface area contributed by atoms with Crippen LogP contribution in [-0.2, 0) is 0 Å². The SMILES string of the molecule is Cc1cc([C@H]2[C@@H](c3ccccn3)NC(=S)N2C2CCCC2)c(C)n1-c1cccc(Cl)c1. The maximum Gasteiger partial charge on any atom is 0.170 e. The highest BCUT2D eigenvalue weighted by Crippen LogP contribution is 2.44. The monoisotopic (exact) mass is 450 g/mol. The Hall–Kier alpha value is -2.37. The maximum absolute atomic E-state index is 6.31. The lowest BCUT2D eigenvalue weighted by molar-refractivity contribution is 0.245. The fourth-order valence-electron chi connectivity index (χ4n) is 5.37. The number of aryl methyl sites for hydroxylation is 1. The van der Waals surface area contributed by atoms with Gasteiger partial charge in [-0.25, -0.2) is 0 Å². The molecule has 1 N–H and O–H groups in total. The van der Waals surface area contributed by atoms with Gasteiger partial charge in [-0.05, 0) is 80.9 Å². The number of nitrogens with zero attached hydrogens (tertiary/aromatic N) is 3. The third-order valence-corrected chi connectivity index (χ3v) is 7.27. The molecule has 2 aliphatic rings. The summed E-state index contributed by atoms with van der Waals surface area (Å²) in [6.45, 7) is 4.36. The molecule has 0 bridgehead atoms. The number of thiocarbonyl (C=S) groups is 1. The van der Waals surface area contributed by atoms with Gasteiger partial charge in [0.15, 0.2) is 5.11 Å². The van der Waals surface area contributed by atoms with E-state index in [2.05, 4.69) is 57.9 Å². The molecule has 5 rings (SSSR count). The van der Waals surface area contributed by atoms with Crippen molar-refractivity contribution >= 4 is 28.9 Å². The van der Waals surface area contributed by atoms with Crippen LogP contribution in [0.4, 0.5) is 0 Å². The molecule has 0 spiro atoms. The van der Waals surface area contributed by atoms with Gasteiger partial charge in [0, 0.05) is 34.3 Å². The van der Waals surface area contributed by atoms with Crippen LogP contribution < -0.4 is 5.32 Å². The first-order valence-corrected chi connectivity index (χ1v) is 11.8. The molecule has 2 atom stereocenters. The van der Waals surface area contributed by atoms with Crippen molar-refractivity contribution in [3.63, 3.8) is 0 Å². The number of nitrogens with one attached hydrogen (secondary N) is 1. The Kier molecular flexibility index (Phi) is 5.49. The molecule has 0 radical (unpaired) electrons. The number of aromatic nitrogens is 2. The van der Waals surface area contributed by atoms with E-state index in [4.69, 9.17) is 23.8 Å². The number of hydrogen-bond donors (Lipinski definition) is 1. The van der Waals surface area contributed by atoms with Gasteiger partial charge in [0.1, 0.15) is 0 Å². The third-order valence-electron chi connectivity index (χ3n) is 6.71. The van der Waals surface area contributed by atoms with E-state index < -0.39 is 0 Å². The molecular formula is C25H27ClN4S. The molecule has 160 valence electrons. The van der Waals surface area contributed by atoms with E-state index in [0.29, 0.717) is 6.04 Å². The quantitative estimate of drug-likeness (QED) is 0.490. The fraction of sp³-hybridized carbons (Fsp3) is 0.360. The first-order chi connectivity index (χ1) is 15.0. The molecule has 2 aromatic heterocycles. The highest BCUT2D eigenvalue weighted by Gasteiger charge is 2.44. The molecule has 6 heteroatoms. The molecule has 0 amide bonds. The Labute approximate surface area is 194 Å². The molecule has 1 aliphatic carbocycles. The number of halogens is 1. The largest absolute Gasteiger partial charge is 0.352 e. The maximum atomic E-state index is 6.31. The van der Waals surface area contributed by atoms with Gasteiger partial charge in [-0.2, -0.15) is 0 Å². The van der Waals surface area contributed by atoms with Gasteiger partial charge in [-0.15, -0.1) is 0 Å². The first-order valence-electron chi connectivity index (χ1n) is 11.0. The van der Waals surface area contributed by atoms with Gasteiger partial charge >= 0.3 is 0 Å². The Morgan fingerprint density at radius 3 is 2.58 bits per heavy atom. The molecule has 1 saturated heterocycles. The molecule has 3 aromatic rings. The summed E-state index contributed by atoms with van der Waals surface area (Å²) in [5.41, 5.74) is 5.83. The van der Waals surface area contributed by atoms with Gasteiger partial charge in [-0.3, -0.25) is 4.98 Å². The van der Waals surface area contributed by atoms with Gasteiger partial charge in [0.05, 0.1) is 17.8 Å². The highest BCUT2D eigenvalue weighted by molar-refractivity contribution is 7.80. The molecule has 31 heavy (non-hydrogen) atoms. The van der Waals surface area contributed by atoms with Crippen molar-refractivity contribution in [1.29, 1.82) is 0 Å². The predicted octanol–water partition coefficient (Wildman–Crippen LogP) is 6.06. The third kappa shape index (κ3) is 3.64. The van der Waals surface area contributed by atoms with E-state index in [1.165, 1.54) is 42.6 Å². The van der Waals surface area contributed by atoms with Gasteiger partial charge in [0.25, 0.3) is 0 Å². The molecule has 2 fully saturated rings. The molecule has 1 aromatic carbocycles. The van der Waals surface area contributed by atoms with E-state index in [-0.39, 0.29) is 12.1 Å². The lowest BCUT2D eigenvalue weighted by atomic mass is 9.95. The van der Waals surface area contributed by atoms with Crippen LogP contribution in [0.2, 0.25) is 5.02 Å².